The minimum Gasteiger partial charge on any atom is -0.310 e. The van der Waals surface area contributed by atoms with Crippen LogP contribution in [0.2, 0.25) is 0 Å². The molecule has 1 N–H and O–H groups in total. The second kappa shape index (κ2) is 5.30. The van der Waals surface area contributed by atoms with E-state index in [1.165, 1.54) is 11.4 Å². The van der Waals surface area contributed by atoms with Gasteiger partial charge < -0.3 is 5.32 Å². The molecule has 1 aromatic carbocycles. The summed E-state index contributed by atoms with van der Waals surface area (Å²) in [5.41, 5.74) is -0.202. The Morgan fingerprint density at radius 2 is 1.90 bits per heavy atom. The summed E-state index contributed by atoms with van der Waals surface area (Å²) < 4.78 is 54.2. The quantitative estimate of drug-likeness (QED) is 0.873. The molecule has 2 aliphatic carbocycles. The van der Waals surface area contributed by atoms with E-state index in [1.54, 1.807) is 0 Å². The average Bonchev–Trinajstić information content (AvgIpc) is 3.29. The standard InChI is InChI=1S/C14H18F2N2O2S/c1-18(10-4-5-10)21(19,20)13-7-6-12(15)11(14(13)16)8-17-9-2-3-9/h6-7,9-10,17H,2-5,8H2,1H3. The Balaban J connectivity index is 1.92. The molecule has 1 aromatic rings. The van der Waals surface area contributed by atoms with Crippen molar-refractivity contribution in [3.8, 4) is 0 Å². The molecule has 0 unspecified atom stereocenters. The zero-order chi connectivity index (χ0) is 15.2. The third-order valence-corrected chi connectivity index (χ3v) is 5.94. The number of halogens is 2. The number of rotatable bonds is 6. The van der Waals surface area contributed by atoms with Gasteiger partial charge >= 0.3 is 0 Å². The first-order valence-electron chi connectivity index (χ1n) is 7.09. The zero-order valence-corrected chi connectivity index (χ0v) is 12.6. The van der Waals surface area contributed by atoms with E-state index < -0.39 is 26.6 Å². The third-order valence-electron chi connectivity index (χ3n) is 4.01. The van der Waals surface area contributed by atoms with Crippen LogP contribution < -0.4 is 5.32 Å². The van der Waals surface area contributed by atoms with Crippen LogP contribution >= 0.6 is 0 Å². The molecule has 116 valence electrons. The van der Waals surface area contributed by atoms with Gasteiger partial charge in [-0.25, -0.2) is 17.2 Å². The van der Waals surface area contributed by atoms with Crippen LogP contribution in [0, 0.1) is 11.6 Å². The highest BCUT2D eigenvalue weighted by Gasteiger charge is 2.37. The minimum absolute atomic E-state index is 0.0127. The van der Waals surface area contributed by atoms with E-state index in [0.29, 0.717) is 6.04 Å². The Labute approximate surface area is 123 Å². The molecule has 0 amide bonds. The van der Waals surface area contributed by atoms with Crippen molar-refractivity contribution in [2.24, 2.45) is 0 Å². The van der Waals surface area contributed by atoms with Crippen molar-refractivity contribution in [1.82, 2.24) is 9.62 Å². The van der Waals surface area contributed by atoms with E-state index in [0.717, 1.165) is 37.8 Å². The Kier molecular flexibility index (Phi) is 3.75. The van der Waals surface area contributed by atoms with Gasteiger partial charge in [0.25, 0.3) is 0 Å². The monoisotopic (exact) mass is 316 g/mol. The molecule has 2 aliphatic rings. The summed E-state index contributed by atoms with van der Waals surface area (Å²) in [5, 5.41) is 3.01. The average molecular weight is 316 g/mol. The predicted octanol–water partition coefficient (Wildman–Crippen LogP) is 2.00. The highest BCUT2D eigenvalue weighted by Crippen LogP contribution is 2.32. The van der Waals surface area contributed by atoms with E-state index in [4.69, 9.17) is 0 Å². The minimum atomic E-state index is -3.90. The Morgan fingerprint density at radius 3 is 2.48 bits per heavy atom. The van der Waals surface area contributed by atoms with Crippen molar-refractivity contribution < 1.29 is 17.2 Å². The molecule has 2 fully saturated rings. The molecule has 4 nitrogen and oxygen atoms in total. The fraction of sp³-hybridized carbons (Fsp3) is 0.571. The van der Waals surface area contributed by atoms with Gasteiger partial charge in [-0.3, -0.25) is 0 Å². The van der Waals surface area contributed by atoms with Gasteiger partial charge in [-0.15, -0.1) is 0 Å². The predicted molar refractivity (Wildman–Crippen MR) is 74.2 cm³/mol. The summed E-state index contributed by atoms with van der Waals surface area (Å²) in [5.74, 6) is -1.69. The summed E-state index contributed by atoms with van der Waals surface area (Å²) in [4.78, 5) is -0.439. The first-order chi connectivity index (χ1) is 9.91. The van der Waals surface area contributed by atoms with Gasteiger partial charge in [-0.2, -0.15) is 4.31 Å². The van der Waals surface area contributed by atoms with Crippen molar-refractivity contribution in [2.45, 2.75) is 49.2 Å². The largest absolute Gasteiger partial charge is 0.310 e. The second-order valence-electron chi connectivity index (χ2n) is 5.75. The van der Waals surface area contributed by atoms with Crippen LogP contribution in [0.1, 0.15) is 31.2 Å². The van der Waals surface area contributed by atoms with E-state index in [1.807, 2.05) is 0 Å². The van der Waals surface area contributed by atoms with Gasteiger partial charge in [0.1, 0.15) is 10.7 Å². The topological polar surface area (TPSA) is 49.4 Å². The van der Waals surface area contributed by atoms with Crippen LogP contribution in [0.25, 0.3) is 0 Å². The van der Waals surface area contributed by atoms with Gasteiger partial charge in [-0.1, -0.05) is 0 Å². The lowest BCUT2D eigenvalue weighted by molar-refractivity contribution is 0.453. The molecule has 0 aliphatic heterocycles. The van der Waals surface area contributed by atoms with Gasteiger partial charge in [0.05, 0.1) is 0 Å². The molecule has 0 atom stereocenters. The molecule has 2 saturated carbocycles. The van der Waals surface area contributed by atoms with Crippen LogP contribution in [0.4, 0.5) is 8.78 Å². The molecule has 0 bridgehead atoms. The molecular formula is C14H18F2N2O2S. The van der Waals surface area contributed by atoms with Crippen molar-refractivity contribution in [1.29, 1.82) is 0 Å². The number of nitrogens with zero attached hydrogens (tertiary/aromatic N) is 1. The Bertz CT molecular complexity index is 655. The van der Waals surface area contributed by atoms with E-state index in [9.17, 15) is 17.2 Å². The van der Waals surface area contributed by atoms with E-state index >= 15 is 0 Å². The van der Waals surface area contributed by atoms with Crippen LogP contribution in [0.15, 0.2) is 17.0 Å². The number of nitrogens with one attached hydrogen (secondary N) is 1. The molecule has 0 aromatic heterocycles. The van der Waals surface area contributed by atoms with Crippen LogP contribution in [0.5, 0.6) is 0 Å². The number of hydrogen-bond donors (Lipinski definition) is 1. The molecule has 0 radical (unpaired) electrons. The summed E-state index contributed by atoms with van der Waals surface area (Å²) in [6, 6.07) is 2.27. The molecule has 0 heterocycles. The Morgan fingerprint density at radius 1 is 1.24 bits per heavy atom. The molecule has 0 saturated heterocycles. The number of benzene rings is 1. The summed E-state index contributed by atoms with van der Waals surface area (Å²) in [6.45, 7) is 0.0127. The maximum atomic E-state index is 14.5. The zero-order valence-electron chi connectivity index (χ0n) is 11.8. The van der Waals surface area contributed by atoms with Crippen LogP contribution in [-0.4, -0.2) is 31.9 Å². The molecule has 0 spiro atoms. The van der Waals surface area contributed by atoms with Gasteiger partial charge in [0.2, 0.25) is 10.0 Å². The fourth-order valence-electron chi connectivity index (χ4n) is 2.26. The highest BCUT2D eigenvalue weighted by atomic mass is 32.2. The lowest BCUT2D eigenvalue weighted by atomic mass is 10.2. The SMILES string of the molecule is CN(C1CC1)S(=O)(=O)c1ccc(F)c(CNC2CC2)c1F. The van der Waals surface area contributed by atoms with Crippen molar-refractivity contribution in [3.05, 3.63) is 29.3 Å². The maximum absolute atomic E-state index is 14.5. The summed E-state index contributed by atoms with van der Waals surface area (Å²) >= 11 is 0. The van der Waals surface area contributed by atoms with Crippen molar-refractivity contribution in [2.75, 3.05) is 7.05 Å². The van der Waals surface area contributed by atoms with Gasteiger partial charge in [0.15, 0.2) is 5.82 Å². The summed E-state index contributed by atoms with van der Waals surface area (Å²) in [7, 11) is -2.46. The number of hydrogen-bond acceptors (Lipinski definition) is 3. The number of sulfonamides is 1. The van der Waals surface area contributed by atoms with E-state index in [-0.39, 0.29) is 18.2 Å². The molecule has 7 heteroatoms. The first-order valence-corrected chi connectivity index (χ1v) is 8.53. The smallest absolute Gasteiger partial charge is 0.245 e. The fourth-order valence-corrected chi connectivity index (χ4v) is 3.76. The maximum Gasteiger partial charge on any atom is 0.245 e. The van der Waals surface area contributed by atoms with Gasteiger partial charge in [-0.05, 0) is 37.8 Å². The van der Waals surface area contributed by atoms with Crippen molar-refractivity contribution in [3.63, 3.8) is 0 Å². The van der Waals surface area contributed by atoms with Crippen molar-refractivity contribution >= 4 is 10.0 Å². The summed E-state index contributed by atoms with van der Waals surface area (Å²) in [6.07, 6.45) is 3.56. The highest BCUT2D eigenvalue weighted by molar-refractivity contribution is 7.89. The van der Waals surface area contributed by atoms with E-state index in [2.05, 4.69) is 5.32 Å². The lowest BCUT2D eigenvalue weighted by Crippen LogP contribution is -2.30. The first kappa shape index (κ1) is 14.9. The Hall–Kier alpha value is -1.05. The molecular weight excluding hydrogens is 298 g/mol. The lowest BCUT2D eigenvalue weighted by Gasteiger charge is -2.18. The van der Waals surface area contributed by atoms with Crippen LogP contribution in [-0.2, 0) is 16.6 Å². The normalized spacial score (nSPS) is 19.2. The van der Waals surface area contributed by atoms with Crippen LogP contribution in [0.3, 0.4) is 0 Å². The molecule has 21 heavy (non-hydrogen) atoms. The second-order valence-corrected chi connectivity index (χ2v) is 7.71. The van der Waals surface area contributed by atoms with Gasteiger partial charge in [0, 0.05) is 31.2 Å². The molecule has 3 rings (SSSR count). The third kappa shape index (κ3) is 2.95.